The number of nitrogens with zero attached hydrogens (tertiary/aromatic N) is 5. The highest BCUT2D eigenvalue weighted by Crippen LogP contribution is 2.41. The second kappa shape index (κ2) is 11.6. The van der Waals surface area contributed by atoms with Crippen LogP contribution in [0.4, 0.5) is 22.8 Å². The molecule has 210 valence electrons. The normalized spacial score (nSPS) is 19.0. The van der Waals surface area contributed by atoms with Crippen LogP contribution in [0.25, 0.3) is 5.57 Å². The Bertz CT molecular complexity index is 1480. The van der Waals surface area contributed by atoms with Gasteiger partial charge in [0.2, 0.25) is 0 Å². The lowest BCUT2D eigenvalue weighted by molar-refractivity contribution is 0.0564. The van der Waals surface area contributed by atoms with E-state index in [0.29, 0.717) is 32.4 Å². The summed E-state index contributed by atoms with van der Waals surface area (Å²) in [7, 11) is 1.21. The van der Waals surface area contributed by atoms with Crippen molar-refractivity contribution >= 4 is 46.5 Å². The minimum Gasteiger partial charge on any atom is -0.453 e. The lowest BCUT2D eigenvalue weighted by atomic mass is 9.93. The molecule has 4 heterocycles. The van der Waals surface area contributed by atoms with Gasteiger partial charge in [-0.05, 0) is 18.2 Å². The van der Waals surface area contributed by atoms with Crippen LogP contribution >= 0.6 is 22.9 Å². The summed E-state index contributed by atoms with van der Waals surface area (Å²) in [6, 6.07) is 4.27. The van der Waals surface area contributed by atoms with E-state index < -0.39 is 36.7 Å². The molecule has 5 rings (SSSR count). The number of alkyl carbamates (subject to hydrolysis) is 1. The Morgan fingerprint density at radius 2 is 2.20 bits per heavy atom. The number of methoxy groups -OCH3 is 1. The summed E-state index contributed by atoms with van der Waals surface area (Å²) in [6.45, 7) is -2.83. The van der Waals surface area contributed by atoms with Crippen LogP contribution in [0, 0.1) is 5.82 Å². The van der Waals surface area contributed by atoms with Crippen molar-refractivity contribution in [2.24, 2.45) is 4.99 Å². The first-order chi connectivity index (χ1) is 19.2. The number of carbonyl (C=O) groups is 2. The largest absolute Gasteiger partial charge is 0.453 e. The molecule has 1 saturated heterocycles. The molecule has 0 aliphatic carbocycles. The number of hydrogen-bond acceptors (Lipinski definition) is 9. The smallest absolute Gasteiger partial charge is 0.410 e. The summed E-state index contributed by atoms with van der Waals surface area (Å²) in [5.74, 6) is -0.227. The maximum Gasteiger partial charge on any atom is 0.410 e. The highest BCUT2D eigenvalue weighted by atomic mass is 35.5. The Balaban J connectivity index is 1.57. The van der Waals surface area contributed by atoms with E-state index in [0.717, 1.165) is 12.3 Å². The van der Waals surface area contributed by atoms with Crippen LogP contribution in [0.3, 0.4) is 0 Å². The van der Waals surface area contributed by atoms with E-state index in [-0.39, 0.29) is 30.4 Å². The fraction of sp³-hybridized carbons (Fsp3) is 0.292. The Morgan fingerprint density at radius 3 is 2.88 bits per heavy atom. The Labute approximate surface area is 234 Å². The fourth-order valence-corrected chi connectivity index (χ4v) is 5.14. The molecule has 2 aliphatic rings. The van der Waals surface area contributed by atoms with Gasteiger partial charge in [-0.15, -0.1) is 11.3 Å². The number of cyclic esters (lactones) is 1. The fourth-order valence-electron chi connectivity index (χ4n) is 4.28. The standard InChI is InChI=1S/C24H21ClF3N7O4S/c1-38-23(36)30-9-13-10-34(24(37)39-13)11-17-18(16-4-6-35(33-16)22(27)28)19(14-3-2-12(26)8-15(14)25)32-20(31-17)21-29-5-7-40-21/h2-8,13,19,22H,9-11H2,1H3,(H,30,36)(H,31,32). The van der Waals surface area contributed by atoms with E-state index in [2.05, 4.69) is 25.5 Å². The van der Waals surface area contributed by atoms with E-state index in [1.165, 1.54) is 41.5 Å². The molecule has 0 bridgehead atoms. The molecule has 2 aromatic heterocycles. The number of thiazole rings is 1. The lowest BCUT2D eigenvalue weighted by Gasteiger charge is -2.29. The number of nitrogens with one attached hydrogen (secondary N) is 2. The lowest BCUT2D eigenvalue weighted by Crippen LogP contribution is -2.39. The van der Waals surface area contributed by atoms with E-state index in [1.54, 1.807) is 11.6 Å². The molecule has 1 fully saturated rings. The van der Waals surface area contributed by atoms with Gasteiger partial charge in [0, 0.05) is 39.6 Å². The zero-order valence-corrected chi connectivity index (χ0v) is 22.3. The van der Waals surface area contributed by atoms with Crippen molar-refractivity contribution in [1.29, 1.82) is 0 Å². The van der Waals surface area contributed by atoms with Gasteiger partial charge in [0.05, 0.1) is 32.4 Å². The van der Waals surface area contributed by atoms with Gasteiger partial charge in [-0.3, -0.25) is 9.89 Å². The number of aliphatic imine (C=N–C) groups is 1. The van der Waals surface area contributed by atoms with Gasteiger partial charge < -0.3 is 20.1 Å². The molecular weight excluding hydrogens is 575 g/mol. The quantitative estimate of drug-likeness (QED) is 0.400. The predicted molar refractivity (Wildman–Crippen MR) is 139 cm³/mol. The number of ether oxygens (including phenoxy) is 2. The van der Waals surface area contributed by atoms with Gasteiger partial charge in [-0.1, -0.05) is 17.7 Å². The van der Waals surface area contributed by atoms with Gasteiger partial charge in [-0.2, -0.15) is 13.9 Å². The van der Waals surface area contributed by atoms with Crippen molar-refractivity contribution in [3.8, 4) is 0 Å². The molecule has 2 unspecified atom stereocenters. The molecule has 0 spiro atoms. The summed E-state index contributed by atoms with van der Waals surface area (Å²) in [5, 5.41) is 12.0. The number of carbonyl (C=O) groups excluding carboxylic acids is 2. The van der Waals surface area contributed by atoms with E-state index in [9.17, 15) is 22.8 Å². The Hall–Kier alpha value is -4.11. The number of amidine groups is 1. The summed E-state index contributed by atoms with van der Waals surface area (Å²) < 4.78 is 51.3. The number of alkyl halides is 2. The van der Waals surface area contributed by atoms with Crippen molar-refractivity contribution in [2.45, 2.75) is 18.7 Å². The zero-order chi connectivity index (χ0) is 28.4. The van der Waals surface area contributed by atoms with Crippen molar-refractivity contribution < 1.29 is 32.2 Å². The van der Waals surface area contributed by atoms with Crippen LogP contribution in [0.1, 0.15) is 28.9 Å². The number of aromatic nitrogens is 3. The molecule has 40 heavy (non-hydrogen) atoms. The second-order valence-electron chi connectivity index (χ2n) is 8.62. The SMILES string of the molecule is COC(=O)NCC1CN(CC2=C(c3ccn(C(F)F)n3)C(c3ccc(F)cc3Cl)N=C(c3nccs3)N2)C(=O)O1. The van der Waals surface area contributed by atoms with Gasteiger partial charge in [0.15, 0.2) is 10.8 Å². The van der Waals surface area contributed by atoms with Crippen molar-refractivity contribution in [1.82, 2.24) is 30.3 Å². The Morgan fingerprint density at radius 1 is 1.38 bits per heavy atom. The van der Waals surface area contributed by atoms with Crippen molar-refractivity contribution in [3.05, 3.63) is 74.8 Å². The minimum atomic E-state index is -2.90. The van der Waals surface area contributed by atoms with Gasteiger partial charge in [0.25, 0.3) is 0 Å². The Kier molecular flexibility index (Phi) is 7.93. The van der Waals surface area contributed by atoms with Crippen LogP contribution in [-0.2, 0) is 9.47 Å². The second-order valence-corrected chi connectivity index (χ2v) is 9.92. The van der Waals surface area contributed by atoms with Crippen LogP contribution < -0.4 is 10.6 Å². The van der Waals surface area contributed by atoms with Crippen LogP contribution in [0.15, 0.2) is 52.7 Å². The van der Waals surface area contributed by atoms with Crippen LogP contribution in [0.2, 0.25) is 5.02 Å². The molecule has 2 amide bonds. The average Bonchev–Trinajstić information content (AvgIpc) is 3.69. The van der Waals surface area contributed by atoms with E-state index in [4.69, 9.17) is 21.3 Å². The zero-order valence-electron chi connectivity index (χ0n) is 20.7. The van der Waals surface area contributed by atoms with Gasteiger partial charge >= 0.3 is 18.7 Å². The number of rotatable bonds is 8. The monoisotopic (exact) mass is 595 g/mol. The minimum absolute atomic E-state index is 0.0205. The molecule has 16 heteroatoms. The number of halogens is 4. The molecule has 1 aromatic carbocycles. The van der Waals surface area contributed by atoms with Gasteiger partial charge in [0.1, 0.15) is 18.0 Å². The molecule has 2 N–H and O–H groups in total. The first kappa shape index (κ1) is 27.5. The predicted octanol–water partition coefficient (Wildman–Crippen LogP) is 4.21. The van der Waals surface area contributed by atoms with Gasteiger partial charge in [-0.25, -0.2) is 23.6 Å². The first-order valence-corrected chi connectivity index (χ1v) is 13.0. The maximum atomic E-state index is 13.9. The molecular formula is C24H21ClF3N7O4S. The highest BCUT2D eigenvalue weighted by Gasteiger charge is 2.36. The number of hydrogen-bond donors (Lipinski definition) is 2. The van der Waals surface area contributed by atoms with E-state index in [1.807, 2.05) is 0 Å². The number of benzene rings is 1. The third-order valence-corrected chi connectivity index (χ3v) is 7.17. The maximum absolute atomic E-state index is 13.9. The summed E-state index contributed by atoms with van der Waals surface area (Å²) in [5.41, 5.74) is 1.27. The average molecular weight is 596 g/mol. The van der Waals surface area contributed by atoms with Crippen LogP contribution in [0.5, 0.6) is 0 Å². The van der Waals surface area contributed by atoms with Crippen molar-refractivity contribution in [3.63, 3.8) is 0 Å². The molecule has 3 aromatic rings. The molecule has 11 nitrogen and oxygen atoms in total. The van der Waals surface area contributed by atoms with Crippen molar-refractivity contribution in [2.75, 3.05) is 26.7 Å². The third kappa shape index (κ3) is 5.74. The first-order valence-electron chi connectivity index (χ1n) is 11.8. The summed E-state index contributed by atoms with van der Waals surface area (Å²) in [6.07, 6.45) is 0.715. The topological polar surface area (TPSA) is 123 Å². The highest BCUT2D eigenvalue weighted by molar-refractivity contribution is 7.11. The summed E-state index contributed by atoms with van der Waals surface area (Å²) >= 11 is 7.74. The molecule has 2 atom stereocenters. The van der Waals surface area contributed by atoms with E-state index >= 15 is 0 Å². The summed E-state index contributed by atoms with van der Waals surface area (Å²) in [4.78, 5) is 34.7. The third-order valence-electron chi connectivity index (χ3n) is 6.06. The van der Waals surface area contributed by atoms with Crippen LogP contribution in [-0.4, -0.2) is 70.5 Å². The molecule has 2 aliphatic heterocycles. The number of amides is 2. The molecule has 0 radical (unpaired) electrons. The molecule has 0 saturated carbocycles.